The van der Waals surface area contributed by atoms with Gasteiger partial charge in [-0.25, -0.2) is 9.59 Å². The van der Waals surface area contributed by atoms with E-state index in [0.29, 0.717) is 39.6 Å². The van der Waals surface area contributed by atoms with E-state index in [2.05, 4.69) is 13.2 Å². The van der Waals surface area contributed by atoms with Crippen LogP contribution in [0, 0.1) is 22.7 Å². The zero-order valence-electron chi connectivity index (χ0n) is 14.8. The average molecular weight is 388 g/mol. The lowest BCUT2D eigenvalue weighted by atomic mass is 10.4. The Labute approximate surface area is 156 Å². The number of nitrogens with zero attached hydrogens (tertiary/aromatic N) is 2. The topological polar surface area (TPSA) is 190 Å². The Hall–Kier alpha value is -2.80. The number of carboxylic acid groups (broad SMARTS) is 2. The monoisotopic (exact) mass is 388 g/mol. The third-order valence-electron chi connectivity index (χ3n) is 2.00. The quantitative estimate of drug-likeness (QED) is 0.188. The number of nitriles is 2. The highest BCUT2D eigenvalue weighted by Gasteiger charge is 1.98. The van der Waals surface area contributed by atoms with Crippen LogP contribution in [-0.4, -0.2) is 85.2 Å². The van der Waals surface area contributed by atoms with Crippen molar-refractivity contribution in [1.29, 1.82) is 10.5 Å². The molecular formula is C16H24N2O9. The summed E-state index contributed by atoms with van der Waals surface area (Å²) in [6.45, 7) is 8.59. The number of carboxylic acids is 2. The first-order valence-corrected chi connectivity index (χ1v) is 7.37. The van der Waals surface area contributed by atoms with Crippen molar-refractivity contribution in [3.63, 3.8) is 0 Å². The first-order valence-electron chi connectivity index (χ1n) is 7.37. The van der Waals surface area contributed by atoms with Gasteiger partial charge in [-0.3, -0.25) is 0 Å². The molecule has 0 heterocycles. The third kappa shape index (κ3) is 28.3. The molecule has 11 heteroatoms. The van der Waals surface area contributed by atoms with Crippen LogP contribution in [0.15, 0.2) is 24.3 Å². The number of carbonyl (C=O) groups is 2. The van der Waals surface area contributed by atoms with Gasteiger partial charge in [-0.15, -0.1) is 0 Å². The van der Waals surface area contributed by atoms with Gasteiger partial charge in [-0.05, 0) is 0 Å². The molecule has 27 heavy (non-hydrogen) atoms. The first-order chi connectivity index (χ1) is 12.8. The summed E-state index contributed by atoms with van der Waals surface area (Å²) in [7, 11) is 0. The summed E-state index contributed by atoms with van der Waals surface area (Å²) < 4.78 is 15.0. The molecule has 0 atom stereocenters. The molecule has 0 aromatic carbocycles. The fourth-order valence-electron chi connectivity index (χ4n) is 0.767. The Morgan fingerprint density at radius 3 is 1.11 bits per heavy atom. The maximum absolute atomic E-state index is 9.61. The van der Waals surface area contributed by atoms with E-state index in [1.807, 2.05) is 0 Å². The SMILES string of the molecule is C=C(C#N)C(=O)O.C=C(C#N)C(=O)O.OCCOCCOCCOCCO. The Balaban J connectivity index is -0.000000350. The zero-order chi connectivity index (χ0) is 21.5. The summed E-state index contributed by atoms with van der Waals surface area (Å²) in [6, 6.07) is 2.74. The molecule has 0 radical (unpaired) electrons. The van der Waals surface area contributed by atoms with E-state index in [-0.39, 0.29) is 13.2 Å². The zero-order valence-corrected chi connectivity index (χ0v) is 14.8. The van der Waals surface area contributed by atoms with E-state index in [1.54, 1.807) is 0 Å². The second kappa shape index (κ2) is 23.2. The summed E-state index contributed by atoms with van der Waals surface area (Å²) in [4.78, 5) is 19.2. The first kappa shape index (κ1) is 29.0. The van der Waals surface area contributed by atoms with Crippen molar-refractivity contribution < 1.29 is 44.2 Å². The number of rotatable bonds is 12. The molecule has 0 bridgehead atoms. The minimum Gasteiger partial charge on any atom is -0.477 e. The molecule has 0 unspecified atom stereocenters. The van der Waals surface area contributed by atoms with Gasteiger partial charge < -0.3 is 34.6 Å². The van der Waals surface area contributed by atoms with Crippen LogP contribution >= 0.6 is 0 Å². The predicted molar refractivity (Wildman–Crippen MR) is 91.4 cm³/mol. The summed E-state index contributed by atoms with van der Waals surface area (Å²) in [6.07, 6.45) is 0. The average Bonchev–Trinajstić information content (AvgIpc) is 2.66. The summed E-state index contributed by atoms with van der Waals surface area (Å²) in [5, 5.41) is 48.0. The van der Waals surface area contributed by atoms with Crippen LogP contribution < -0.4 is 0 Å². The minimum atomic E-state index is -1.26. The number of hydrogen-bond donors (Lipinski definition) is 4. The Morgan fingerprint density at radius 2 is 0.963 bits per heavy atom. The highest BCUT2D eigenvalue weighted by molar-refractivity contribution is 5.90. The second-order valence-corrected chi connectivity index (χ2v) is 4.08. The second-order valence-electron chi connectivity index (χ2n) is 4.08. The van der Waals surface area contributed by atoms with Gasteiger partial charge in [0.2, 0.25) is 0 Å². The molecule has 152 valence electrons. The molecule has 0 fully saturated rings. The smallest absolute Gasteiger partial charge is 0.345 e. The van der Waals surface area contributed by atoms with Crippen molar-refractivity contribution in [2.45, 2.75) is 0 Å². The molecule has 0 spiro atoms. The fourth-order valence-corrected chi connectivity index (χ4v) is 0.767. The number of aliphatic hydroxyl groups excluding tert-OH is 2. The predicted octanol–water partition coefficient (Wildman–Crippen LogP) is -0.678. The van der Waals surface area contributed by atoms with Gasteiger partial charge >= 0.3 is 11.9 Å². The molecule has 0 aromatic rings. The molecule has 0 aliphatic heterocycles. The normalized spacial score (nSPS) is 8.59. The van der Waals surface area contributed by atoms with Crippen molar-refractivity contribution in [1.82, 2.24) is 0 Å². The van der Waals surface area contributed by atoms with Gasteiger partial charge in [-0.2, -0.15) is 10.5 Å². The Morgan fingerprint density at radius 1 is 0.704 bits per heavy atom. The molecule has 0 saturated carbocycles. The van der Waals surface area contributed by atoms with Crippen LogP contribution in [0.2, 0.25) is 0 Å². The van der Waals surface area contributed by atoms with Crippen molar-refractivity contribution in [3.8, 4) is 12.1 Å². The third-order valence-corrected chi connectivity index (χ3v) is 2.00. The Kier molecular flexibility index (Phi) is 24.9. The van der Waals surface area contributed by atoms with E-state index < -0.39 is 23.1 Å². The molecule has 0 aromatic heterocycles. The van der Waals surface area contributed by atoms with Gasteiger partial charge in [-0.1, -0.05) is 13.2 Å². The summed E-state index contributed by atoms with van der Waals surface area (Å²) in [5.41, 5.74) is -0.861. The lowest BCUT2D eigenvalue weighted by molar-refractivity contribution is -0.133. The van der Waals surface area contributed by atoms with Gasteiger partial charge in [0.15, 0.2) is 0 Å². The molecule has 0 saturated heterocycles. The van der Waals surface area contributed by atoms with Crippen LogP contribution in [0.1, 0.15) is 0 Å². The highest BCUT2D eigenvalue weighted by atomic mass is 16.5. The molecule has 11 nitrogen and oxygen atoms in total. The number of hydrogen-bond acceptors (Lipinski definition) is 9. The molecular weight excluding hydrogens is 364 g/mol. The summed E-state index contributed by atoms with van der Waals surface area (Å²) in [5.74, 6) is -2.52. The van der Waals surface area contributed by atoms with Gasteiger partial charge in [0.05, 0.1) is 52.9 Å². The van der Waals surface area contributed by atoms with Crippen molar-refractivity contribution in [2.75, 3.05) is 52.9 Å². The van der Waals surface area contributed by atoms with Crippen LogP contribution in [0.25, 0.3) is 0 Å². The lowest BCUT2D eigenvalue weighted by Crippen LogP contribution is -2.11. The number of ether oxygens (including phenoxy) is 3. The molecule has 0 rings (SSSR count). The minimum absolute atomic E-state index is 0.0413. The van der Waals surface area contributed by atoms with Crippen LogP contribution in [0.4, 0.5) is 0 Å². The molecule has 0 amide bonds. The highest BCUT2D eigenvalue weighted by Crippen LogP contribution is 1.82. The van der Waals surface area contributed by atoms with Crippen molar-refractivity contribution in [2.24, 2.45) is 0 Å². The standard InChI is InChI=1S/C8H18O5.2C4H3NO2/c9-1-3-11-5-7-13-8-6-12-4-2-10;2*1-3(2-5)4(6)7/h9-10H,1-8H2;2*1H2,(H,6,7). The van der Waals surface area contributed by atoms with Crippen LogP contribution in [0.3, 0.4) is 0 Å². The van der Waals surface area contributed by atoms with Gasteiger partial charge in [0.25, 0.3) is 0 Å². The van der Waals surface area contributed by atoms with E-state index in [4.69, 9.17) is 45.2 Å². The van der Waals surface area contributed by atoms with Gasteiger partial charge in [0.1, 0.15) is 23.3 Å². The number of aliphatic hydroxyl groups is 2. The maximum Gasteiger partial charge on any atom is 0.345 e. The van der Waals surface area contributed by atoms with Crippen LogP contribution in [0.5, 0.6) is 0 Å². The van der Waals surface area contributed by atoms with Crippen molar-refractivity contribution >= 4 is 11.9 Å². The van der Waals surface area contributed by atoms with E-state index in [1.165, 1.54) is 12.1 Å². The maximum atomic E-state index is 9.61. The largest absolute Gasteiger partial charge is 0.477 e. The summed E-state index contributed by atoms with van der Waals surface area (Å²) >= 11 is 0. The van der Waals surface area contributed by atoms with Crippen molar-refractivity contribution in [3.05, 3.63) is 24.3 Å². The van der Waals surface area contributed by atoms with E-state index in [0.717, 1.165) is 0 Å². The van der Waals surface area contributed by atoms with E-state index >= 15 is 0 Å². The Bertz CT molecular complexity index is 475. The number of aliphatic carboxylic acids is 2. The fraction of sp³-hybridized carbons (Fsp3) is 0.500. The lowest BCUT2D eigenvalue weighted by Gasteiger charge is -2.04. The molecule has 0 aliphatic rings. The molecule has 4 N–H and O–H groups in total. The van der Waals surface area contributed by atoms with Crippen LogP contribution in [-0.2, 0) is 23.8 Å². The molecule has 0 aliphatic carbocycles. The van der Waals surface area contributed by atoms with Gasteiger partial charge in [0, 0.05) is 0 Å². The van der Waals surface area contributed by atoms with E-state index in [9.17, 15) is 9.59 Å².